The van der Waals surface area contributed by atoms with Crippen molar-refractivity contribution in [3.05, 3.63) is 42.5 Å². The minimum absolute atomic E-state index is 0.0678. The van der Waals surface area contributed by atoms with Crippen molar-refractivity contribution in [3.8, 4) is 11.4 Å². The number of hydrogen-bond acceptors (Lipinski definition) is 4. The predicted molar refractivity (Wildman–Crippen MR) is 64.9 cm³/mol. The lowest BCUT2D eigenvalue weighted by Gasteiger charge is -2.04. The van der Waals surface area contributed by atoms with Crippen LogP contribution in [0.25, 0.3) is 16.7 Å². The summed E-state index contributed by atoms with van der Waals surface area (Å²) in [6, 6.07) is 12.6. The second kappa shape index (κ2) is 3.48. The quantitative estimate of drug-likeness (QED) is 0.489. The third-order valence-corrected chi connectivity index (χ3v) is 2.61. The molecule has 0 aliphatic carbocycles. The molecule has 0 saturated carbocycles. The van der Waals surface area contributed by atoms with Crippen LogP contribution in [0.15, 0.2) is 42.5 Å². The number of nitrogen functional groups attached to an aromatic ring is 1. The van der Waals surface area contributed by atoms with E-state index in [1.54, 1.807) is 22.9 Å². The van der Waals surface area contributed by atoms with Gasteiger partial charge in [-0.05, 0) is 30.3 Å². The molecule has 3 rings (SSSR count). The Balaban J connectivity index is 2.24. The van der Waals surface area contributed by atoms with Gasteiger partial charge in [-0.2, -0.15) is 0 Å². The molecule has 0 saturated heterocycles. The zero-order valence-corrected chi connectivity index (χ0v) is 8.91. The molecule has 3 aromatic rings. The lowest BCUT2D eigenvalue weighted by atomic mass is 10.2. The van der Waals surface area contributed by atoms with E-state index in [0.29, 0.717) is 5.69 Å². The fraction of sp³-hybridized carbons (Fsp3) is 0. The summed E-state index contributed by atoms with van der Waals surface area (Å²) in [6.07, 6.45) is 0. The first-order chi connectivity index (χ1) is 8.25. The summed E-state index contributed by atoms with van der Waals surface area (Å²) in [5, 5.41) is 17.5. The van der Waals surface area contributed by atoms with Crippen molar-refractivity contribution >= 4 is 16.7 Å². The molecule has 2 aromatic carbocycles. The van der Waals surface area contributed by atoms with Crippen LogP contribution in [0.1, 0.15) is 0 Å². The SMILES string of the molecule is Nc1cc(-n2nnc3ccccc32)ccc1O. The highest BCUT2D eigenvalue weighted by atomic mass is 16.3. The van der Waals surface area contributed by atoms with E-state index in [-0.39, 0.29) is 5.75 Å². The summed E-state index contributed by atoms with van der Waals surface area (Å²) in [5.41, 5.74) is 8.47. The lowest BCUT2D eigenvalue weighted by molar-refractivity contribution is 0.478. The van der Waals surface area contributed by atoms with Crippen molar-refractivity contribution in [1.82, 2.24) is 15.0 Å². The molecule has 0 radical (unpaired) electrons. The molecule has 5 heteroatoms. The van der Waals surface area contributed by atoms with E-state index in [0.717, 1.165) is 16.7 Å². The predicted octanol–water partition coefficient (Wildman–Crippen LogP) is 1.71. The normalized spacial score (nSPS) is 10.8. The standard InChI is InChI=1S/C12H10N4O/c13-9-7-8(5-6-12(9)17)16-11-4-2-1-3-10(11)14-15-16/h1-7,17H,13H2. The van der Waals surface area contributed by atoms with Crippen molar-refractivity contribution in [2.75, 3.05) is 5.73 Å². The number of hydrogen-bond donors (Lipinski definition) is 2. The van der Waals surface area contributed by atoms with Crippen LogP contribution in [-0.4, -0.2) is 20.1 Å². The molecule has 0 aliphatic heterocycles. The molecular formula is C12H10N4O. The molecule has 0 spiro atoms. The highest BCUT2D eigenvalue weighted by molar-refractivity contribution is 5.76. The molecule has 0 atom stereocenters. The van der Waals surface area contributed by atoms with Gasteiger partial charge in [0, 0.05) is 0 Å². The highest BCUT2D eigenvalue weighted by Gasteiger charge is 2.06. The van der Waals surface area contributed by atoms with Gasteiger partial charge in [0.2, 0.25) is 0 Å². The third kappa shape index (κ3) is 1.48. The molecule has 0 amide bonds. The number of phenolic OH excluding ortho intramolecular Hbond substituents is 1. The van der Waals surface area contributed by atoms with Crippen molar-refractivity contribution in [3.63, 3.8) is 0 Å². The molecule has 3 N–H and O–H groups in total. The molecule has 17 heavy (non-hydrogen) atoms. The van der Waals surface area contributed by atoms with Gasteiger partial charge in [-0.25, -0.2) is 4.68 Å². The van der Waals surface area contributed by atoms with Crippen molar-refractivity contribution in [2.45, 2.75) is 0 Å². The number of benzene rings is 2. The van der Waals surface area contributed by atoms with E-state index >= 15 is 0 Å². The van der Waals surface area contributed by atoms with Crippen LogP contribution in [0, 0.1) is 0 Å². The first-order valence-electron chi connectivity index (χ1n) is 5.15. The number of nitrogens with zero attached hydrogens (tertiary/aromatic N) is 3. The maximum Gasteiger partial charge on any atom is 0.138 e. The van der Waals surface area contributed by atoms with Crippen LogP contribution in [0.5, 0.6) is 5.75 Å². The number of phenols is 1. The smallest absolute Gasteiger partial charge is 0.138 e. The van der Waals surface area contributed by atoms with Crippen molar-refractivity contribution in [2.24, 2.45) is 0 Å². The van der Waals surface area contributed by atoms with Crippen molar-refractivity contribution in [1.29, 1.82) is 0 Å². The maximum atomic E-state index is 9.38. The van der Waals surface area contributed by atoms with Gasteiger partial charge in [-0.3, -0.25) is 0 Å². The fourth-order valence-electron chi connectivity index (χ4n) is 1.73. The number of para-hydroxylation sites is 1. The Hall–Kier alpha value is -2.56. The second-order valence-electron chi connectivity index (χ2n) is 3.73. The molecular weight excluding hydrogens is 216 g/mol. The van der Waals surface area contributed by atoms with E-state index in [4.69, 9.17) is 5.73 Å². The number of fused-ring (bicyclic) bond motifs is 1. The fourth-order valence-corrected chi connectivity index (χ4v) is 1.73. The van der Waals surface area contributed by atoms with Gasteiger partial charge >= 0.3 is 0 Å². The average Bonchev–Trinajstić information content (AvgIpc) is 2.76. The Morgan fingerprint density at radius 3 is 2.76 bits per heavy atom. The van der Waals surface area contributed by atoms with Gasteiger partial charge in [0.1, 0.15) is 11.3 Å². The van der Waals surface area contributed by atoms with Crippen LogP contribution in [0.3, 0.4) is 0 Å². The zero-order valence-electron chi connectivity index (χ0n) is 8.91. The summed E-state index contributed by atoms with van der Waals surface area (Å²) >= 11 is 0. The van der Waals surface area contributed by atoms with Crippen LogP contribution in [0.2, 0.25) is 0 Å². The number of anilines is 1. The second-order valence-corrected chi connectivity index (χ2v) is 3.73. The Bertz CT molecular complexity index is 690. The Morgan fingerprint density at radius 2 is 1.94 bits per heavy atom. The summed E-state index contributed by atoms with van der Waals surface area (Å²) < 4.78 is 1.69. The Kier molecular flexibility index (Phi) is 1.98. The van der Waals surface area contributed by atoms with Crippen LogP contribution >= 0.6 is 0 Å². The Morgan fingerprint density at radius 1 is 1.12 bits per heavy atom. The molecule has 5 nitrogen and oxygen atoms in total. The van der Waals surface area contributed by atoms with Crippen molar-refractivity contribution < 1.29 is 5.11 Å². The molecule has 0 aliphatic rings. The molecule has 0 bridgehead atoms. The molecule has 0 unspecified atom stereocenters. The summed E-state index contributed by atoms with van der Waals surface area (Å²) in [4.78, 5) is 0. The Labute approximate surface area is 97.1 Å². The topological polar surface area (TPSA) is 77.0 Å². The van der Waals surface area contributed by atoms with Crippen LogP contribution < -0.4 is 5.73 Å². The lowest BCUT2D eigenvalue weighted by Crippen LogP contribution is -1.97. The zero-order chi connectivity index (χ0) is 11.8. The van der Waals surface area contributed by atoms with Gasteiger partial charge < -0.3 is 10.8 Å². The van der Waals surface area contributed by atoms with Gasteiger partial charge in [0.25, 0.3) is 0 Å². The van der Waals surface area contributed by atoms with E-state index in [1.165, 1.54) is 0 Å². The van der Waals surface area contributed by atoms with E-state index < -0.39 is 0 Å². The van der Waals surface area contributed by atoms with E-state index in [2.05, 4.69) is 10.3 Å². The first-order valence-corrected chi connectivity index (χ1v) is 5.15. The first kappa shape index (κ1) is 9.65. The van der Waals surface area contributed by atoms with Gasteiger partial charge in [0.15, 0.2) is 0 Å². The minimum Gasteiger partial charge on any atom is -0.506 e. The molecule has 0 fully saturated rings. The summed E-state index contributed by atoms with van der Waals surface area (Å²) in [6.45, 7) is 0. The third-order valence-electron chi connectivity index (χ3n) is 2.61. The number of nitrogens with two attached hydrogens (primary N) is 1. The number of aromatic nitrogens is 3. The van der Waals surface area contributed by atoms with Gasteiger partial charge in [0.05, 0.1) is 16.9 Å². The highest BCUT2D eigenvalue weighted by Crippen LogP contribution is 2.24. The summed E-state index contributed by atoms with van der Waals surface area (Å²) in [7, 11) is 0. The van der Waals surface area contributed by atoms with E-state index in [1.807, 2.05) is 24.3 Å². The number of rotatable bonds is 1. The van der Waals surface area contributed by atoms with Gasteiger partial charge in [-0.15, -0.1) is 5.10 Å². The largest absolute Gasteiger partial charge is 0.506 e. The van der Waals surface area contributed by atoms with E-state index in [9.17, 15) is 5.11 Å². The summed E-state index contributed by atoms with van der Waals surface area (Å²) in [5.74, 6) is 0.0678. The molecule has 1 aromatic heterocycles. The minimum atomic E-state index is 0.0678. The van der Waals surface area contributed by atoms with Crippen LogP contribution in [-0.2, 0) is 0 Å². The average molecular weight is 226 g/mol. The number of aromatic hydroxyl groups is 1. The molecule has 1 heterocycles. The molecule has 84 valence electrons. The van der Waals surface area contributed by atoms with Gasteiger partial charge in [-0.1, -0.05) is 17.3 Å². The monoisotopic (exact) mass is 226 g/mol. The van der Waals surface area contributed by atoms with Crippen LogP contribution in [0.4, 0.5) is 5.69 Å². The maximum absolute atomic E-state index is 9.38.